The highest BCUT2D eigenvalue weighted by molar-refractivity contribution is 8.13. The van der Waals surface area contributed by atoms with Crippen LogP contribution in [0.25, 0.3) is 6.08 Å². The Bertz CT molecular complexity index is 512. The molecule has 0 atom stereocenters. The van der Waals surface area contributed by atoms with Crippen LogP contribution in [0.15, 0.2) is 24.3 Å². The third-order valence-corrected chi connectivity index (χ3v) is 3.43. The Balaban J connectivity index is 2.52. The van der Waals surface area contributed by atoms with Gasteiger partial charge in [-0.05, 0) is 30.0 Å². The lowest BCUT2D eigenvalue weighted by Crippen LogP contribution is -1.99. The zero-order valence-electron chi connectivity index (χ0n) is 11.3. The molecule has 0 heterocycles. The van der Waals surface area contributed by atoms with Crippen LogP contribution in [0.3, 0.4) is 0 Å². The van der Waals surface area contributed by atoms with Crippen LogP contribution in [-0.2, 0) is 16.0 Å². The van der Waals surface area contributed by atoms with E-state index in [0.29, 0.717) is 11.3 Å². The number of carboxylic acids is 1. The van der Waals surface area contributed by atoms with Gasteiger partial charge < -0.3 is 5.11 Å². The minimum absolute atomic E-state index is 0.0750. The van der Waals surface area contributed by atoms with Crippen LogP contribution in [0.2, 0.25) is 0 Å². The molecule has 0 aliphatic heterocycles. The molecule has 0 aliphatic carbocycles. The average molecular weight is 296 g/mol. The standard InChI is InChI=1S/C15H17FO3S/c1-11(17)20-9-3-2-4-12-5-6-13(14(16)10-12)7-8-15(18)19/h2,4-6,10H,3,7-9H2,1H3,(H,18,19). The first kappa shape index (κ1) is 16.4. The van der Waals surface area contributed by atoms with Crippen LogP contribution in [0.1, 0.15) is 30.9 Å². The van der Waals surface area contributed by atoms with Crippen LogP contribution in [0.4, 0.5) is 4.39 Å². The smallest absolute Gasteiger partial charge is 0.303 e. The summed E-state index contributed by atoms with van der Waals surface area (Å²) in [4.78, 5) is 21.2. The lowest BCUT2D eigenvalue weighted by molar-refractivity contribution is -0.137. The average Bonchev–Trinajstić information content (AvgIpc) is 2.36. The number of aryl methyl sites for hydroxylation is 1. The number of thioether (sulfide) groups is 1. The third kappa shape index (κ3) is 6.52. The van der Waals surface area contributed by atoms with E-state index in [0.717, 1.165) is 12.0 Å². The van der Waals surface area contributed by atoms with Crippen molar-refractivity contribution in [2.75, 3.05) is 5.75 Å². The molecule has 3 nitrogen and oxygen atoms in total. The van der Waals surface area contributed by atoms with Crippen molar-refractivity contribution >= 4 is 28.9 Å². The van der Waals surface area contributed by atoms with E-state index < -0.39 is 5.97 Å². The molecule has 0 radical (unpaired) electrons. The first-order valence-electron chi connectivity index (χ1n) is 6.29. The number of aliphatic carboxylic acids is 1. The largest absolute Gasteiger partial charge is 0.481 e. The minimum atomic E-state index is -0.934. The molecule has 0 fully saturated rings. The van der Waals surface area contributed by atoms with Crippen molar-refractivity contribution in [1.82, 2.24) is 0 Å². The minimum Gasteiger partial charge on any atom is -0.481 e. The highest BCUT2D eigenvalue weighted by Crippen LogP contribution is 2.14. The predicted octanol–water partition coefficient (Wildman–Crippen LogP) is 3.53. The summed E-state index contributed by atoms with van der Waals surface area (Å²) in [6.45, 7) is 1.53. The summed E-state index contributed by atoms with van der Waals surface area (Å²) in [7, 11) is 0. The Hall–Kier alpha value is -1.62. The van der Waals surface area contributed by atoms with Gasteiger partial charge in [-0.3, -0.25) is 9.59 Å². The van der Waals surface area contributed by atoms with Crippen molar-refractivity contribution in [1.29, 1.82) is 0 Å². The molecule has 1 rings (SSSR count). The number of hydrogen-bond donors (Lipinski definition) is 1. The normalized spacial score (nSPS) is 10.9. The molecule has 0 saturated heterocycles. The van der Waals surface area contributed by atoms with E-state index in [9.17, 15) is 14.0 Å². The van der Waals surface area contributed by atoms with Gasteiger partial charge in [-0.15, -0.1) is 0 Å². The van der Waals surface area contributed by atoms with Crippen molar-refractivity contribution in [2.24, 2.45) is 0 Å². The first-order valence-corrected chi connectivity index (χ1v) is 7.27. The van der Waals surface area contributed by atoms with Gasteiger partial charge in [0, 0.05) is 19.1 Å². The van der Waals surface area contributed by atoms with Crippen molar-refractivity contribution in [3.63, 3.8) is 0 Å². The van der Waals surface area contributed by atoms with Gasteiger partial charge in [-0.25, -0.2) is 4.39 Å². The lowest BCUT2D eigenvalue weighted by atomic mass is 10.1. The summed E-state index contributed by atoms with van der Waals surface area (Å²) >= 11 is 1.26. The number of hydrogen-bond acceptors (Lipinski definition) is 3. The number of halogens is 1. The molecule has 1 aromatic rings. The summed E-state index contributed by atoms with van der Waals surface area (Å²) < 4.78 is 13.7. The lowest BCUT2D eigenvalue weighted by Gasteiger charge is -2.02. The number of carboxylic acid groups (broad SMARTS) is 1. The molecule has 1 N–H and O–H groups in total. The van der Waals surface area contributed by atoms with E-state index in [1.54, 1.807) is 18.2 Å². The van der Waals surface area contributed by atoms with Crippen molar-refractivity contribution < 1.29 is 19.1 Å². The molecule has 0 bridgehead atoms. The Kier molecular flexibility index (Phi) is 7.01. The highest BCUT2D eigenvalue weighted by atomic mass is 32.2. The van der Waals surface area contributed by atoms with E-state index in [-0.39, 0.29) is 23.8 Å². The number of carbonyl (C=O) groups excluding carboxylic acids is 1. The summed E-state index contributed by atoms with van der Waals surface area (Å²) in [5.74, 6) is -0.603. The highest BCUT2D eigenvalue weighted by Gasteiger charge is 2.05. The summed E-state index contributed by atoms with van der Waals surface area (Å²) in [5, 5.41) is 8.66. The molecule has 5 heteroatoms. The van der Waals surface area contributed by atoms with E-state index in [1.165, 1.54) is 24.8 Å². The van der Waals surface area contributed by atoms with E-state index in [4.69, 9.17) is 5.11 Å². The maximum absolute atomic E-state index is 13.7. The van der Waals surface area contributed by atoms with Crippen molar-refractivity contribution in [3.05, 3.63) is 41.2 Å². The number of carbonyl (C=O) groups is 2. The summed E-state index contributed by atoms with van der Waals surface area (Å²) in [5.41, 5.74) is 1.14. The molecule has 1 aromatic carbocycles. The quantitative estimate of drug-likeness (QED) is 0.782. The van der Waals surface area contributed by atoms with E-state index in [1.807, 2.05) is 6.08 Å². The second-order valence-corrected chi connectivity index (χ2v) is 5.55. The molecule has 0 amide bonds. The van der Waals surface area contributed by atoms with Crippen LogP contribution >= 0.6 is 11.8 Å². The van der Waals surface area contributed by atoms with Gasteiger partial charge >= 0.3 is 5.97 Å². The molecule has 0 aliphatic rings. The summed E-state index contributed by atoms with van der Waals surface area (Å²) in [6, 6.07) is 4.77. The second-order valence-electron chi connectivity index (χ2n) is 4.28. The number of rotatable bonds is 7. The van der Waals surface area contributed by atoms with Crippen molar-refractivity contribution in [3.8, 4) is 0 Å². The molecular weight excluding hydrogens is 279 g/mol. The zero-order chi connectivity index (χ0) is 15.0. The molecule has 108 valence electrons. The molecule has 0 aromatic heterocycles. The Morgan fingerprint density at radius 3 is 2.75 bits per heavy atom. The van der Waals surface area contributed by atoms with Crippen LogP contribution in [0, 0.1) is 5.82 Å². The zero-order valence-corrected chi connectivity index (χ0v) is 12.1. The molecule has 0 spiro atoms. The Morgan fingerprint density at radius 2 is 2.15 bits per heavy atom. The SMILES string of the molecule is CC(=O)SCCC=Cc1ccc(CCC(=O)O)c(F)c1. The molecular formula is C15H17FO3S. The van der Waals surface area contributed by atoms with Gasteiger partial charge in [0.25, 0.3) is 0 Å². The third-order valence-electron chi connectivity index (χ3n) is 2.59. The fourth-order valence-electron chi connectivity index (χ4n) is 1.60. The fraction of sp³-hybridized carbons (Fsp3) is 0.333. The maximum Gasteiger partial charge on any atom is 0.303 e. The fourth-order valence-corrected chi connectivity index (χ4v) is 2.14. The molecule has 0 unspecified atom stereocenters. The second kappa shape index (κ2) is 8.53. The monoisotopic (exact) mass is 296 g/mol. The van der Waals surface area contributed by atoms with E-state index >= 15 is 0 Å². The number of benzene rings is 1. The first-order chi connectivity index (χ1) is 9.49. The van der Waals surface area contributed by atoms with Gasteiger partial charge in [-0.2, -0.15) is 0 Å². The Morgan fingerprint density at radius 1 is 1.40 bits per heavy atom. The van der Waals surface area contributed by atoms with Crippen LogP contribution in [-0.4, -0.2) is 21.9 Å². The van der Waals surface area contributed by atoms with Gasteiger partial charge in [-0.1, -0.05) is 36.0 Å². The predicted molar refractivity (Wildman–Crippen MR) is 79.1 cm³/mol. The topological polar surface area (TPSA) is 54.4 Å². The maximum atomic E-state index is 13.7. The van der Waals surface area contributed by atoms with Crippen molar-refractivity contribution in [2.45, 2.75) is 26.2 Å². The van der Waals surface area contributed by atoms with Crippen LogP contribution in [0.5, 0.6) is 0 Å². The van der Waals surface area contributed by atoms with Gasteiger partial charge in [0.15, 0.2) is 5.12 Å². The number of allylic oxidation sites excluding steroid dienone is 1. The van der Waals surface area contributed by atoms with Gasteiger partial charge in [0.1, 0.15) is 5.82 Å². The van der Waals surface area contributed by atoms with Crippen LogP contribution < -0.4 is 0 Å². The molecule has 20 heavy (non-hydrogen) atoms. The summed E-state index contributed by atoms with van der Waals surface area (Å²) in [6.07, 6.45) is 4.55. The van der Waals surface area contributed by atoms with Gasteiger partial charge in [0.2, 0.25) is 0 Å². The van der Waals surface area contributed by atoms with E-state index in [2.05, 4.69) is 0 Å². The van der Waals surface area contributed by atoms with Gasteiger partial charge in [0.05, 0.1) is 0 Å². The molecule has 0 saturated carbocycles. The Labute approximate surface area is 121 Å².